The van der Waals surface area contributed by atoms with E-state index in [1.54, 1.807) is 0 Å². The SMILES string of the molecule is Cc1cc(CBr)cc(C(Cl)=C(Cl)Cl)c1. The van der Waals surface area contributed by atoms with Gasteiger partial charge >= 0.3 is 0 Å². The van der Waals surface area contributed by atoms with Crippen LogP contribution in [0.25, 0.3) is 5.03 Å². The van der Waals surface area contributed by atoms with Gasteiger partial charge < -0.3 is 0 Å². The maximum Gasteiger partial charge on any atom is 0.126 e. The lowest BCUT2D eigenvalue weighted by molar-refractivity contribution is 1.35. The molecule has 0 amide bonds. The second-order valence-corrected chi connectivity index (χ2v) is 4.80. The Labute approximate surface area is 107 Å². The number of benzene rings is 1. The molecule has 1 rings (SSSR count). The van der Waals surface area contributed by atoms with Crippen LogP contribution in [0.1, 0.15) is 16.7 Å². The van der Waals surface area contributed by atoms with E-state index in [-0.39, 0.29) is 4.49 Å². The third-order valence-corrected chi connectivity index (χ3v) is 3.34. The molecular formula is C10H8BrCl3. The average Bonchev–Trinajstić information content (AvgIpc) is 2.15. The summed E-state index contributed by atoms with van der Waals surface area (Å²) in [5.41, 5.74) is 3.12. The maximum absolute atomic E-state index is 5.94. The number of rotatable bonds is 2. The molecule has 1 aromatic carbocycles. The van der Waals surface area contributed by atoms with Crippen molar-refractivity contribution >= 4 is 55.8 Å². The van der Waals surface area contributed by atoms with Gasteiger partial charge in [0.05, 0.1) is 5.03 Å². The van der Waals surface area contributed by atoms with E-state index >= 15 is 0 Å². The highest BCUT2D eigenvalue weighted by Gasteiger charge is 2.05. The number of hydrogen-bond donors (Lipinski definition) is 0. The Kier molecular flexibility index (Phi) is 4.78. The molecule has 0 bridgehead atoms. The van der Waals surface area contributed by atoms with Crippen LogP contribution >= 0.6 is 50.7 Å². The molecular weight excluding hydrogens is 306 g/mol. The molecule has 0 heterocycles. The Morgan fingerprint density at radius 3 is 2.36 bits per heavy atom. The van der Waals surface area contributed by atoms with E-state index in [1.165, 1.54) is 0 Å². The van der Waals surface area contributed by atoms with Gasteiger partial charge in [0, 0.05) is 5.33 Å². The Hall–Kier alpha value is 0.310. The molecule has 4 heteroatoms. The van der Waals surface area contributed by atoms with Crippen molar-refractivity contribution in [2.75, 3.05) is 0 Å². The zero-order chi connectivity index (χ0) is 10.7. The quantitative estimate of drug-likeness (QED) is 0.656. The molecule has 0 spiro atoms. The normalized spacial score (nSPS) is 10.1. The first-order valence-electron chi connectivity index (χ1n) is 3.92. The lowest BCUT2D eigenvalue weighted by atomic mass is 10.1. The molecule has 0 atom stereocenters. The minimum absolute atomic E-state index is 0.0952. The monoisotopic (exact) mass is 312 g/mol. The molecule has 0 saturated heterocycles. The smallest absolute Gasteiger partial charge is 0.0876 e. The summed E-state index contributed by atoms with van der Waals surface area (Å²) in [7, 11) is 0. The highest BCUT2D eigenvalue weighted by molar-refractivity contribution is 9.08. The third-order valence-electron chi connectivity index (χ3n) is 1.71. The van der Waals surface area contributed by atoms with Crippen LogP contribution < -0.4 is 0 Å². The fourth-order valence-corrected chi connectivity index (χ4v) is 1.83. The number of hydrogen-bond acceptors (Lipinski definition) is 0. The molecule has 0 radical (unpaired) electrons. The predicted octanol–water partition coefficient (Wildman–Crippen LogP) is 5.23. The van der Waals surface area contributed by atoms with Gasteiger partial charge in [0.15, 0.2) is 0 Å². The average molecular weight is 314 g/mol. The van der Waals surface area contributed by atoms with Crippen LogP contribution in [0.3, 0.4) is 0 Å². The van der Waals surface area contributed by atoms with Gasteiger partial charge in [-0.2, -0.15) is 0 Å². The van der Waals surface area contributed by atoms with E-state index in [1.807, 2.05) is 19.1 Å². The highest BCUT2D eigenvalue weighted by atomic mass is 79.9. The maximum atomic E-state index is 5.94. The molecule has 1 aromatic rings. The van der Waals surface area contributed by atoms with Gasteiger partial charge in [0.1, 0.15) is 4.49 Å². The first kappa shape index (κ1) is 12.4. The Bertz CT molecular complexity index is 368. The Morgan fingerprint density at radius 1 is 1.21 bits per heavy atom. The van der Waals surface area contributed by atoms with Crippen molar-refractivity contribution in [3.8, 4) is 0 Å². The van der Waals surface area contributed by atoms with Gasteiger partial charge in [-0.25, -0.2) is 0 Å². The fraction of sp³-hybridized carbons (Fsp3) is 0.200. The van der Waals surface area contributed by atoms with Crippen molar-refractivity contribution in [1.29, 1.82) is 0 Å². The topological polar surface area (TPSA) is 0 Å². The van der Waals surface area contributed by atoms with Crippen molar-refractivity contribution in [3.63, 3.8) is 0 Å². The lowest BCUT2D eigenvalue weighted by Crippen LogP contribution is -1.85. The van der Waals surface area contributed by atoms with Crippen LogP contribution in [0.2, 0.25) is 0 Å². The van der Waals surface area contributed by atoms with Gasteiger partial charge in [-0.15, -0.1) is 0 Å². The van der Waals surface area contributed by atoms with Crippen LogP contribution in [-0.2, 0) is 5.33 Å². The summed E-state index contributed by atoms with van der Waals surface area (Å²) >= 11 is 20.6. The summed E-state index contributed by atoms with van der Waals surface area (Å²) in [6.07, 6.45) is 0. The van der Waals surface area contributed by atoms with Crippen LogP contribution in [-0.4, -0.2) is 0 Å². The summed E-state index contributed by atoms with van der Waals surface area (Å²) in [6, 6.07) is 5.97. The van der Waals surface area contributed by atoms with E-state index in [0.29, 0.717) is 5.03 Å². The summed E-state index contributed by atoms with van der Waals surface area (Å²) in [6.45, 7) is 2.00. The zero-order valence-electron chi connectivity index (χ0n) is 7.45. The summed E-state index contributed by atoms with van der Waals surface area (Å²) < 4.78 is 0.0952. The standard InChI is InChI=1S/C10H8BrCl3/c1-6-2-7(5-11)4-8(3-6)9(12)10(13)14/h2-4H,5H2,1H3. The molecule has 0 fully saturated rings. The predicted molar refractivity (Wildman–Crippen MR) is 68.3 cm³/mol. The van der Waals surface area contributed by atoms with E-state index < -0.39 is 0 Å². The van der Waals surface area contributed by atoms with E-state index in [4.69, 9.17) is 34.8 Å². The van der Waals surface area contributed by atoms with E-state index in [0.717, 1.165) is 22.0 Å². The van der Waals surface area contributed by atoms with Crippen molar-refractivity contribution in [3.05, 3.63) is 39.4 Å². The summed E-state index contributed by atoms with van der Waals surface area (Å²) in [4.78, 5) is 0. The van der Waals surface area contributed by atoms with Crippen molar-refractivity contribution in [2.24, 2.45) is 0 Å². The number of halogens is 4. The van der Waals surface area contributed by atoms with Crippen molar-refractivity contribution < 1.29 is 0 Å². The highest BCUT2D eigenvalue weighted by Crippen LogP contribution is 2.29. The van der Waals surface area contributed by atoms with Gasteiger partial charge in [-0.1, -0.05) is 68.4 Å². The molecule has 0 nitrogen and oxygen atoms in total. The summed E-state index contributed by atoms with van der Waals surface area (Å²) in [5.74, 6) is 0. The van der Waals surface area contributed by atoms with Crippen LogP contribution in [0.5, 0.6) is 0 Å². The molecule has 0 saturated carbocycles. The first-order chi connectivity index (χ1) is 6.54. The molecule has 14 heavy (non-hydrogen) atoms. The largest absolute Gasteiger partial charge is 0.126 e. The third kappa shape index (κ3) is 3.16. The molecule has 76 valence electrons. The Morgan fingerprint density at radius 2 is 1.86 bits per heavy atom. The van der Waals surface area contributed by atoms with Crippen LogP contribution in [0.4, 0.5) is 0 Å². The van der Waals surface area contributed by atoms with Crippen molar-refractivity contribution in [2.45, 2.75) is 12.3 Å². The van der Waals surface area contributed by atoms with Crippen LogP contribution in [0.15, 0.2) is 22.7 Å². The second kappa shape index (κ2) is 5.41. The summed E-state index contributed by atoms with van der Waals surface area (Å²) in [5, 5.41) is 1.17. The van der Waals surface area contributed by atoms with Crippen LogP contribution in [0, 0.1) is 6.92 Å². The lowest BCUT2D eigenvalue weighted by Gasteiger charge is -2.04. The molecule has 0 N–H and O–H groups in total. The molecule has 0 aromatic heterocycles. The van der Waals surface area contributed by atoms with Gasteiger partial charge in [0.25, 0.3) is 0 Å². The molecule has 0 aliphatic carbocycles. The molecule has 0 unspecified atom stereocenters. The van der Waals surface area contributed by atoms with Gasteiger partial charge in [-0.3, -0.25) is 0 Å². The zero-order valence-corrected chi connectivity index (χ0v) is 11.3. The van der Waals surface area contributed by atoms with E-state index in [2.05, 4.69) is 22.0 Å². The molecule has 0 aliphatic heterocycles. The fourth-order valence-electron chi connectivity index (χ4n) is 1.18. The second-order valence-electron chi connectivity index (χ2n) is 2.92. The molecule has 0 aliphatic rings. The van der Waals surface area contributed by atoms with E-state index in [9.17, 15) is 0 Å². The minimum atomic E-state index is 0.0952. The van der Waals surface area contributed by atoms with Gasteiger partial charge in [-0.05, 0) is 24.1 Å². The Balaban J connectivity index is 3.23. The van der Waals surface area contributed by atoms with Crippen molar-refractivity contribution in [1.82, 2.24) is 0 Å². The minimum Gasteiger partial charge on any atom is -0.0876 e. The first-order valence-corrected chi connectivity index (χ1v) is 6.18. The number of alkyl halides is 1. The van der Waals surface area contributed by atoms with Gasteiger partial charge in [0.2, 0.25) is 0 Å². The number of aryl methyl sites for hydroxylation is 1.